The molecule has 3 unspecified atom stereocenters. The molecule has 254 valence electrons. The van der Waals surface area contributed by atoms with Gasteiger partial charge in [0.05, 0.1) is 11.1 Å². The molecule has 3 N–H and O–H groups in total. The third-order valence-corrected chi connectivity index (χ3v) is 7.52. The maximum absolute atomic E-state index is 13.0. The minimum absolute atomic E-state index is 0.0846. The van der Waals surface area contributed by atoms with Gasteiger partial charge in [-0.05, 0) is 77.5 Å². The van der Waals surface area contributed by atoms with Crippen LogP contribution in [0.4, 0.5) is 5.69 Å². The molecule has 14 heteroatoms. The molecule has 2 heterocycles. The number of H-pyrrole nitrogens is 1. The van der Waals surface area contributed by atoms with E-state index in [1.165, 1.54) is 32.9 Å². The Morgan fingerprint density at radius 3 is 2.11 bits per heavy atom. The first-order chi connectivity index (χ1) is 22.2. The van der Waals surface area contributed by atoms with Gasteiger partial charge in [-0.25, -0.2) is 14.4 Å². The van der Waals surface area contributed by atoms with Crippen LogP contribution in [0.25, 0.3) is 11.6 Å². The van der Waals surface area contributed by atoms with Gasteiger partial charge in [0.2, 0.25) is 0 Å². The van der Waals surface area contributed by atoms with Crippen LogP contribution in [0.2, 0.25) is 0 Å². The summed E-state index contributed by atoms with van der Waals surface area (Å²) in [5.41, 5.74) is 3.66. The number of hydrogen-bond donors (Lipinski definition) is 3. The second kappa shape index (κ2) is 16.0. The number of amides is 2. The van der Waals surface area contributed by atoms with Gasteiger partial charge in [-0.15, -0.1) is 0 Å². The highest BCUT2D eigenvalue weighted by Gasteiger charge is 2.30. The van der Waals surface area contributed by atoms with Crippen molar-refractivity contribution in [3.8, 4) is 5.75 Å². The van der Waals surface area contributed by atoms with E-state index in [0.717, 1.165) is 26.6 Å². The number of aromatic amines is 1. The number of nitrogens with one attached hydrogen (secondary N) is 3. The molecule has 0 spiro atoms. The van der Waals surface area contributed by atoms with E-state index in [2.05, 4.69) is 34.4 Å². The molecule has 1 aliphatic rings. The number of hydrogen-bond acceptors (Lipinski definition) is 11. The molecule has 0 fully saturated rings. The van der Waals surface area contributed by atoms with Crippen LogP contribution < -0.4 is 15.4 Å². The molecule has 0 saturated carbocycles. The molecule has 1 aromatic carbocycles. The molecule has 14 nitrogen and oxygen atoms in total. The van der Waals surface area contributed by atoms with Gasteiger partial charge < -0.3 is 39.5 Å². The average Bonchev–Trinajstić information content (AvgIpc) is 3.47. The molecule has 1 aliphatic heterocycles. The number of nitrogens with zero attached hydrogens (tertiary/aromatic N) is 1. The number of ether oxygens (including phenoxy) is 4. The number of aryl methyl sites for hydroxylation is 1. The minimum atomic E-state index is -1.39. The summed E-state index contributed by atoms with van der Waals surface area (Å²) in [5.74, 6) is -4.09. The quantitative estimate of drug-likeness (QED) is 0.118. The summed E-state index contributed by atoms with van der Waals surface area (Å²) in [6.45, 7) is 15.7. The second-order valence-corrected chi connectivity index (χ2v) is 11.0. The monoisotopic (exact) mass is 654 g/mol. The number of fused-ring (bicyclic) bond motifs is 1. The molecule has 3 atom stereocenters. The van der Waals surface area contributed by atoms with Crippen LogP contribution in [-0.4, -0.2) is 90.1 Å². The van der Waals surface area contributed by atoms with Gasteiger partial charge in [0.25, 0.3) is 11.8 Å². The topological polar surface area (TPSA) is 182 Å². The zero-order valence-corrected chi connectivity index (χ0v) is 27.9. The van der Waals surface area contributed by atoms with E-state index >= 15 is 0 Å². The third kappa shape index (κ3) is 9.28. The number of aromatic nitrogens is 1. The number of anilines is 1. The van der Waals surface area contributed by atoms with Crippen molar-refractivity contribution in [3.05, 3.63) is 46.3 Å². The van der Waals surface area contributed by atoms with E-state index in [0.29, 0.717) is 40.3 Å². The van der Waals surface area contributed by atoms with Crippen LogP contribution in [0.5, 0.6) is 5.75 Å². The maximum atomic E-state index is 13.0. The zero-order chi connectivity index (χ0) is 35.0. The van der Waals surface area contributed by atoms with E-state index in [1.54, 1.807) is 26.0 Å². The van der Waals surface area contributed by atoms with Gasteiger partial charge in [0.15, 0.2) is 18.3 Å². The first-order valence-corrected chi connectivity index (χ1v) is 15.3. The van der Waals surface area contributed by atoms with Crippen molar-refractivity contribution >= 4 is 53.0 Å². The summed E-state index contributed by atoms with van der Waals surface area (Å²) in [7, 11) is 0. The molecule has 0 radical (unpaired) electrons. The molecule has 1 aromatic heterocycles. The number of likely N-dealkylation sites (N-methyl/N-ethyl adjacent to an activating group) is 1. The van der Waals surface area contributed by atoms with Crippen LogP contribution in [0.3, 0.4) is 0 Å². The maximum Gasteiger partial charge on any atom is 0.352 e. The molecule has 2 aromatic rings. The lowest BCUT2D eigenvalue weighted by Gasteiger charge is -2.18. The fourth-order valence-corrected chi connectivity index (χ4v) is 4.87. The van der Waals surface area contributed by atoms with Crippen LogP contribution in [0.15, 0.2) is 18.2 Å². The predicted octanol–water partition coefficient (Wildman–Crippen LogP) is 2.92. The number of esters is 4. The first kappa shape index (κ1) is 36.5. The summed E-state index contributed by atoms with van der Waals surface area (Å²) < 4.78 is 20.2. The van der Waals surface area contributed by atoms with Crippen molar-refractivity contribution in [2.45, 2.75) is 73.7 Å². The lowest BCUT2D eigenvalue weighted by molar-refractivity contribution is -0.180. The molecule has 0 bridgehead atoms. The van der Waals surface area contributed by atoms with Crippen LogP contribution in [0, 0.1) is 13.8 Å². The van der Waals surface area contributed by atoms with E-state index in [9.17, 15) is 28.8 Å². The van der Waals surface area contributed by atoms with Crippen LogP contribution >= 0.6 is 0 Å². The Labute approximate surface area is 273 Å². The largest absolute Gasteiger partial charge is 0.451 e. The lowest BCUT2D eigenvalue weighted by Crippen LogP contribution is -2.36. The molecule has 3 rings (SSSR count). The summed E-state index contributed by atoms with van der Waals surface area (Å²) in [4.78, 5) is 79.5. The fraction of sp³-hybridized carbons (Fsp3) is 0.455. The highest BCUT2D eigenvalue weighted by molar-refractivity contribution is 6.35. The van der Waals surface area contributed by atoms with Crippen LogP contribution in [-0.2, 0) is 38.2 Å². The standard InChI is InChI=1S/C33H42N4O10/c1-9-37(10-2)14-13-34-30(40)28-17(3)27(35-18(28)4)16-25-24-15-23(11-12-26(24)36-29(25)39)47-33(43)21(7)46-32(42)20(6)45-31(41)19(5)44-22(8)38/h11-12,15-16,19-21,35H,9-10,13-14H2,1-8H3,(H,34,40)(H,36,39)/b25-16-. The summed E-state index contributed by atoms with van der Waals surface area (Å²) in [6.07, 6.45) is -2.36. The first-order valence-electron chi connectivity index (χ1n) is 15.3. The van der Waals surface area contributed by atoms with E-state index < -0.39 is 42.2 Å². The van der Waals surface area contributed by atoms with Crippen molar-refractivity contribution < 1.29 is 47.7 Å². The van der Waals surface area contributed by atoms with E-state index in [-0.39, 0.29) is 23.1 Å². The number of benzene rings is 1. The van der Waals surface area contributed by atoms with Gasteiger partial charge in [-0.1, -0.05) is 13.8 Å². The average molecular weight is 655 g/mol. The summed E-state index contributed by atoms with van der Waals surface area (Å²) >= 11 is 0. The normalized spacial score (nSPS) is 14.9. The summed E-state index contributed by atoms with van der Waals surface area (Å²) in [5, 5.41) is 5.74. The Morgan fingerprint density at radius 2 is 1.51 bits per heavy atom. The predicted molar refractivity (Wildman–Crippen MR) is 171 cm³/mol. The van der Waals surface area contributed by atoms with E-state index in [1.807, 2.05) is 0 Å². The molecular weight excluding hydrogens is 612 g/mol. The molecule has 0 aliphatic carbocycles. The van der Waals surface area contributed by atoms with Gasteiger partial charge in [0.1, 0.15) is 5.75 Å². The Morgan fingerprint density at radius 1 is 0.915 bits per heavy atom. The van der Waals surface area contributed by atoms with Crippen molar-refractivity contribution in [2.24, 2.45) is 0 Å². The van der Waals surface area contributed by atoms with Crippen molar-refractivity contribution in [2.75, 3.05) is 31.5 Å². The van der Waals surface area contributed by atoms with Crippen LogP contribution in [0.1, 0.15) is 74.4 Å². The van der Waals surface area contributed by atoms with Gasteiger partial charge in [-0.3, -0.25) is 14.4 Å². The molecular formula is C33H42N4O10. The third-order valence-electron chi connectivity index (χ3n) is 7.52. The Kier molecular flexibility index (Phi) is 12.4. The molecule has 0 saturated heterocycles. The number of rotatable bonds is 14. The smallest absolute Gasteiger partial charge is 0.352 e. The van der Waals surface area contributed by atoms with E-state index in [4.69, 9.17) is 18.9 Å². The highest BCUT2D eigenvalue weighted by atomic mass is 16.6. The van der Waals surface area contributed by atoms with Gasteiger partial charge in [-0.2, -0.15) is 0 Å². The Hall–Kier alpha value is -4.98. The van der Waals surface area contributed by atoms with Gasteiger partial charge in [0, 0.05) is 42.7 Å². The van der Waals surface area contributed by atoms with Gasteiger partial charge >= 0.3 is 23.9 Å². The summed E-state index contributed by atoms with van der Waals surface area (Å²) in [6, 6.07) is 4.54. The fourth-order valence-electron chi connectivity index (χ4n) is 4.87. The SMILES string of the molecule is CCN(CC)CCNC(=O)c1c(C)[nH]c(/C=C2\C(=O)Nc3ccc(OC(=O)C(C)OC(=O)C(C)OC(=O)C(C)OC(C)=O)cc32)c1C. The van der Waals surface area contributed by atoms with Crippen molar-refractivity contribution in [3.63, 3.8) is 0 Å². The second-order valence-electron chi connectivity index (χ2n) is 11.0. The molecule has 2 amide bonds. The number of carbonyl (C=O) groups is 6. The zero-order valence-electron chi connectivity index (χ0n) is 27.9. The van der Waals surface area contributed by atoms with Crippen molar-refractivity contribution in [1.29, 1.82) is 0 Å². The minimum Gasteiger partial charge on any atom is -0.451 e. The lowest BCUT2D eigenvalue weighted by atomic mass is 10.0. The number of carbonyl (C=O) groups excluding carboxylic acids is 6. The Bertz CT molecular complexity index is 1570. The van der Waals surface area contributed by atoms with Crippen molar-refractivity contribution in [1.82, 2.24) is 15.2 Å². The Balaban J connectivity index is 1.70. The highest BCUT2D eigenvalue weighted by Crippen LogP contribution is 2.36. The molecule has 47 heavy (non-hydrogen) atoms.